The van der Waals surface area contributed by atoms with E-state index in [4.69, 9.17) is 18.9 Å². The molecule has 0 aliphatic heterocycles. The van der Waals surface area contributed by atoms with E-state index in [1.165, 1.54) is 5.56 Å². The molecule has 8 nitrogen and oxygen atoms in total. The minimum absolute atomic E-state index is 0.0391. The summed E-state index contributed by atoms with van der Waals surface area (Å²) in [4.78, 5) is 27.6. The summed E-state index contributed by atoms with van der Waals surface area (Å²) in [6.07, 6.45) is 0.882. The minimum atomic E-state index is -0.298. The summed E-state index contributed by atoms with van der Waals surface area (Å²) >= 11 is 1.56. The maximum atomic E-state index is 12.9. The molecule has 1 N–H and O–H groups in total. The van der Waals surface area contributed by atoms with Gasteiger partial charge in [0.1, 0.15) is 18.1 Å². The standard InChI is InChI=1S/C34H34N2O6S/c1-36(17-16-23-8-14-29(39-2)30(20-23)40-3)18-19-41-25-11-9-24(10-12-25)35-33(37)22-42-26-13-15-32-28(21-26)34(38)27-6-4-5-7-31(27)43-32/h4-15,20-21H,16-19,22H2,1-3H3,(H,35,37). The number of fused-ring (bicyclic) bond motifs is 2. The monoisotopic (exact) mass is 598 g/mol. The molecule has 0 saturated carbocycles. The summed E-state index contributed by atoms with van der Waals surface area (Å²) in [5.74, 6) is 2.35. The Morgan fingerprint density at radius 3 is 2.33 bits per heavy atom. The number of hydrogen-bond donors (Lipinski definition) is 1. The van der Waals surface area contributed by atoms with Crippen molar-refractivity contribution in [1.29, 1.82) is 0 Å². The maximum absolute atomic E-state index is 12.9. The SMILES string of the molecule is COc1ccc(CCN(C)CCOc2ccc(NC(=O)COc3ccc4sc5ccccc5c(=O)c4c3)cc2)cc1OC. The molecule has 0 aliphatic rings. The van der Waals surface area contributed by atoms with E-state index >= 15 is 0 Å². The van der Waals surface area contributed by atoms with Gasteiger partial charge < -0.3 is 29.2 Å². The average Bonchev–Trinajstić information content (AvgIpc) is 3.03. The van der Waals surface area contributed by atoms with Crippen molar-refractivity contribution in [3.8, 4) is 23.0 Å². The number of rotatable bonds is 13. The number of methoxy groups -OCH3 is 2. The van der Waals surface area contributed by atoms with Gasteiger partial charge in [-0.05, 0) is 85.8 Å². The lowest BCUT2D eigenvalue weighted by atomic mass is 10.1. The Bertz CT molecular complexity index is 1770. The zero-order chi connectivity index (χ0) is 30.2. The first-order valence-corrected chi connectivity index (χ1v) is 14.8. The van der Waals surface area contributed by atoms with Gasteiger partial charge in [-0.1, -0.05) is 18.2 Å². The molecule has 0 atom stereocenters. The zero-order valence-electron chi connectivity index (χ0n) is 24.4. The van der Waals surface area contributed by atoms with Crippen molar-refractivity contribution in [3.05, 3.63) is 101 Å². The molecule has 1 aromatic heterocycles. The minimum Gasteiger partial charge on any atom is -0.493 e. The third-order valence-corrected chi connectivity index (χ3v) is 8.18. The maximum Gasteiger partial charge on any atom is 0.262 e. The second-order valence-corrected chi connectivity index (χ2v) is 11.1. The largest absolute Gasteiger partial charge is 0.493 e. The Morgan fingerprint density at radius 2 is 1.53 bits per heavy atom. The lowest BCUT2D eigenvalue weighted by molar-refractivity contribution is -0.118. The number of anilines is 1. The number of nitrogens with one attached hydrogen (secondary N) is 1. The van der Waals surface area contributed by atoms with Crippen molar-refractivity contribution < 1.29 is 23.7 Å². The summed E-state index contributed by atoms with van der Waals surface area (Å²) in [6, 6.07) is 26.1. The van der Waals surface area contributed by atoms with Gasteiger partial charge in [0.25, 0.3) is 5.91 Å². The molecule has 5 rings (SSSR count). The summed E-state index contributed by atoms with van der Waals surface area (Å²) in [5.41, 5.74) is 1.78. The van der Waals surface area contributed by atoms with Gasteiger partial charge in [0.05, 0.1) is 14.2 Å². The third-order valence-electron chi connectivity index (χ3n) is 7.03. The van der Waals surface area contributed by atoms with Crippen LogP contribution in [-0.4, -0.2) is 58.4 Å². The van der Waals surface area contributed by atoms with Gasteiger partial charge in [0, 0.05) is 38.9 Å². The van der Waals surface area contributed by atoms with Crippen molar-refractivity contribution in [2.75, 3.05) is 52.9 Å². The van der Waals surface area contributed by atoms with Gasteiger partial charge in [0.2, 0.25) is 0 Å². The highest BCUT2D eigenvalue weighted by Gasteiger charge is 2.10. The first-order valence-electron chi connectivity index (χ1n) is 13.9. The van der Waals surface area contributed by atoms with Crippen LogP contribution in [0.2, 0.25) is 0 Å². The highest BCUT2D eigenvalue weighted by molar-refractivity contribution is 7.24. The number of carbonyl (C=O) groups excluding carboxylic acids is 1. The van der Waals surface area contributed by atoms with Crippen LogP contribution in [0.1, 0.15) is 5.56 Å². The fraction of sp³-hybridized carbons (Fsp3) is 0.235. The predicted octanol–water partition coefficient (Wildman–Crippen LogP) is 6.00. The normalized spacial score (nSPS) is 11.1. The number of carbonyl (C=O) groups is 1. The molecule has 0 unspecified atom stereocenters. The van der Waals surface area contributed by atoms with Gasteiger partial charge in [-0.3, -0.25) is 9.59 Å². The van der Waals surface area contributed by atoms with Crippen LogP contribution in [-0.2, 0) is 11.2 Å². The molecule has 4 aromatic carbocycles. The second-order valence-electron chi connectivity index (χ2n) is 10.0. The first kappa shape index (κ1) is 29.9. The number of nitrogens with zero attached hydrogens (tertiary/aromatic N) is 1. The molecule has 222 valence electrons. The lowest BCUT2D eigenvalue weighted by Crippen LogP contribution is -2.26. The summed E-state index contributed by atoms with van der Waals surface area (Å²) in [6.45, 7) is 2.00. The molecular formula is C34H34N2O6S. The van der Waals surface area contributed by atoms with Gasteiger partial charge >= 0.3 is 0 Å². The average molecular weight is 599 g/mol. The van der Waals surface area contributed by atoms with Gasteiger partial charge in [0.15, 0.2) is 23.5 Å². The molecule has 0 spiro atoms. The number of hydrogen-bond acceptors (Lipinski definition) is 8. The lowest BCUT2D eigenvalue weighted by Gasteiger charge is -2.17. The van der Waals surface area contributed by atoms with Gasteiger partial charge in [-0.15, -0.1) is 11.3 Å². The summed E-state index contributed by atoms with van der Waals surface area (Å²) < 4.78 is 24.1. The van der Waals surface area contributed by atoms with E-state index in [2.05, 4.69) is 17.3 Å². The van der Waals surface area contributed by atoms with Crippen LogP contribution in [0.3, 0.4) is 0 Å². The van der Waals surface area contributed by atoms with E-state index in [1.807, 2.05) is 60.7 Å². The Kier molecular flexibility index (Phi) is 9.76. The molecule has 1 heterocycles. The topological polar surface area (TPSA) is 86.3 Å². The van der Waals surface area contributed by atoms with Crippen LogP contribution < -0.4 is 29.7 Å². The Hall–Kier alpha value is -4.60. The molecule has 0 saturated heterocycles. The van der Waals surface area contributed by atoms with Crippen LogP contribution in [0, 0.1) is 0 Å². The Labute approximate surface area is 254 Å². The molecule has 0 bridgehead atoms. The molecule has 0 radical (unpaired) electrons. The van der Waals surface area contributed by atoms with Crippen LogP contribution in [0.5, 0.6) is 23.0 Å². The van der Waals surface area contributed by atoms with Gasteiger partial charge in [-0.25, -0.2) is 0 Å². The van der Waals surface area contributed by atoms with E-state index in [1.54, 1.807) is 49.8 Å². The first-order chi connectivity index (χ1) is 20.9. The van der Waals surface area contributed by atoms with Crippen LogP contribution in [0.4, 0.5) is 5.69 Å². The quantitative estimate of drug-likeness (QED) is 0.166. The van der Waals surface area contributed by atoms with Crippen molar-refractivity contribution in [3.63, 3.8) is 0 Å². The molecule has 5 aromatic rings. The van der Waals surface area contributed by atoms with Crippen LogP contribution >= 0.6 is 11.3 Å². The molecule has 9 heteroatoms. The third kappa shape index (κ3) is 7.63. The molecular weight excluding hydrogens is 564 g/mol. The van der Waals surface area contributed by atoms with E-state index in [0.717, 1.165) is 46.2 Å². The Balaban J connectivity index is 1.05. The predicted molar refractivity (Wildman–Crippen MR) is 172 cm³/mol. The zero-order valence-corrected chi connectivity index (χ0v) is 25.2. The van der Waals surface area contributed by atoms with Crippen LogP contribution in [0.25, 0.3) is 20.2 Å². The highest BCUT2D eigenvalue weighted by Crippen LogP contribution is 2.28. The van der Waals surface area contributed by atoms with Crippen molar-refractivity contribution in [2.45, 2.75) is 6.42 Å². The van der Waals surface area contributed by atoms with E-state index in [9.17, 15) is 9.59 Å². The second kappa shape index (κ2) is 14.0. The van der Waals surface area contributed by atoms with Crippen LogP contribution in [0.15, 0.2) is 89.7 Å². The fourth-order valence-electron chi connectivity index (χ4n) is 4.64. The number of likely N-dealkylation sites (N-methyl/N-ethyl adjacent to an activating group) is 1. The number of ether oxygens (including phenoxy) is 4. The molecule has 0 aliphatic carbocycles. The fourth-order valence-corrected chi connectivity index (χ4v) is 5.69. The number of benzene rings is 4. The van der Waals surface area contributed by atoms with E-state index in [-0.39, 0.29) is 17.9 Å². The smallest absolute Gasteiger partial charge is 0.262 e. The number of amides is 1. The van der Waals surface area contributed by atoms with E-state index in [0.29, 0.717) is 28.8 Å². The van der Waals surface area contributed by atoms with E-state index < -0.39 is 0 Å². The molecule has 0 fully saturated rings. The van der Waals surface area contributed by atoms with Crippen molar-refractivity contribution in [2.24, 2.45) is 0 Å². The summed E-state index contributed by atoms with van der Waals surface area (Å²) in [7, 11) is 5.33. The highest BCUT2D eigenvalue weighted by atomic mass is 32.1. The Morgan fingerprint density at radius 1 is 0.791 bits per heavy atom. The molecule has 43 heavy (non-hydrogen) atoms. The summed E-state index contributed by atoms with van der Waals surface area (Å²) in [5, 5.41) is 4.10. The van der Waals surface area contributed by atoms with Crippen molar-refractivity contribution >= 4 is 43.1 Å². The molecule has 1 amide bonds. The van der Waals surface area contributed by atoms with Gasteiger partial charge in [-0.2, -0.15) is 0 Å². The van der Waals surface area contributed by atoms with Crippen molar-refractivity contribution in [1.82, 2.24) is 4.90 Å².